The molecule has 0 bridgehead atoms. The fourth-order valence-corrected chi connectivity index (χ4v) is 0.668. The zero-order chi connectivity index (χ0) is 6.41. The van der Waals surface area contributed by atoms with E-state index in [2.05, 4.69) is 18.4 Å². The summed E-state index contributed by atoms with van der Waals surface area (Å²) >= 11 is 1.15. The summed E-state index contributed by atoms with van der Waals surface area (Å²) in [5.74, 6) is 0.559. The van der Waals surface area contributed by atoms with Crippen molar-refractivity contribution >= 4 is 11.9 Å². The lowest BCUT2D eigenvalue weighted by atomic mass is 10.2. The van der Waals surface area contributed by atoms with Crippen LogP contribution in [-0.4, -0.2) is 0 Å². The fourth-order valence-electron chi connectivity index (χ4n) is 0.223. The molecule has 0 heterocycles. The van der Waals surface area contributed by atoms with Gasteiger partial charge in [-0.1, -0.05) is 19.9 Å². The van der Waals surface area contributed by atoms with Crippen molar-refractivity contribution in [1.29, 1.82) is 5.53 Å². The van der Waals surface area contributed by atoms with E-state index in [4.69, 9.17) is 5.53 Å². The average Bonchev–Trinajstić information content (AvgIpc) is 1.66. The number of hydrogen-bond donors (Lipinski definition) is 1. The van der Waals surface area contributed by atoms with Crippen LogP contribution >= 0.6 is 11.9 Å². The highest BCUT2D eigenvalue weighted by Crippen LogP contribution is 2.04. The molecule has 0 aliphatic carbocycles. The number of nitrogens with zero attached hydrogens (tertiary/aromatic N) is 1. The quantitative estimate of drug-likeness (QED) is 0.463. The molecule has 0 atom stereocenters. The van der Waals surface area contributed by atoms with E-state index >= 15 is 0 Å². The average molecular weight is 130 g/mol. The molecular weight excluding hydrogens is 120 g/mol. The zero-order valence-electron chi connectivity index (χ0n) is 5.09. The summed E-state index contributed by atoms with van der Waals surface area (Å²) in [7, 11) is 0. The summed E-state index contributed by atoms with van der Waals surface area (Å²) in [6.07, 6.45) is 2.00. The van der Waals surface area contributed by atoms with Gasteiger partial charge in [0.15, 0.2) is 0 Å². The molecule has 1 N–H and O–H groups in total. The summed E-state index contributed by atoms with van der Waals surface area (Å²) in [5, 5.41) is 1.82. The smallest absolute Gasteiger partial charge is 0.0252 e. The maximum atomic E-state index is 6.38. The Balaban J connectivity index is 3.19. The fraction of sp³-hybridized carbons (Fsp3) is 0.600. The van der Waals surface area contributed by atoms with Gasteiger partial charge in [0.2, 0.25) is 0 Å². The third-order valence-corrected chi connectivity index (χ3v) is 0.961. The lowest BCUT2D eigenvalue weighted by Crippen LogP contribution is -1.73. The van der Waals surface area contributed by atoms with Gasteiger partial charge in [-0.25, -0.2) is 0 Å². The standard InChI is InChI=1S/C5H10N2S/c1-5(2)3-4-8-7-6/h3-6H,1-2H3. The highest BCUT2D eigenvalue weighted by molar-refractivity contribution is 8.00. The topological polar surface area (TPSA) is 36.2 Å². The van der Waals surface area contributed by atoms with Crippen LogP contribution in [-0.2, 0) is 0 Å². The van der Waals surface area contributed by atoms with Crippen LogP contribution in [0.4, 0.5) is 0 Å². The third kappa shape index (κ3) is 5.69. The van der Waals surface area contributed by atoms with Gasteiger partial charge in [0.05, 0.1) is 0 Å². The first kappa shape index (κ1) is 7.69. The van der Waals surface area contributed by atoms with Gasteiger partial charge < -0.3 is 0 Å². The normalized spacial score (nSPS) is 10.9. The summed E-state index contributed by atoms with van der Waals surface area (Å²) in [4.78, 5) is 0. The summed E-state index contributed by atoms with van der Waals surface area (Å²) in [6.45, 7) is 4.17. The molecule has 0 unspecified atom stereocenters. The van der Waals surface area contributed by atoms with Crippen LogP contribution in [0, 0.1) is 11.4 Å². The van der Waals surface area contributed by atoms with Crippen LogP contribution in [0.2, 0.25) is 0 Å². The molecule has 0 saturated carbocycles. The number of hydrogen-bond acceptors (Lipinski definition) is 3. The van der Waals surface area contributed by atoms with Crippen LogP contribution in [0.3, 0.4) is 0 Å². The zero-order valence-corrected chi connectivity index (χ0v) is 5.90. The molecule has 0 radical (unpaired) electrons. The lowest BCUT2D eigenvalue weighted by molar-refractivity contribution is 0.833. The van der Waals surface area contributed by atoms with E-state index in [1.165, 1.54) is 0 Å². The Hall–Kier alpha value is -0.310. The first-order valence-electron chi connectivity index (χ1n) is 2.46. The van der Waals surface area contributed by atoms with Gasteiger partial charge in [-0.2, -0.15) is 5.53 Å². The van der Waals surface area contributed by atoms with Crippen molar-refractivity contribution in [3.05, 3.63) is 11.5 Å². The predicted octanol–water partition coefficient (Wildman–Crippen LogP) is 2.84. The van der Waals surface area contributed by atoms with Gasteiger partial charge in [0, 0.05) is 11.9 Å². The lowest BCUT2D eigenvalue weighted by Gasteiger charge is -1.88. The van der Waals surface area contributed by atoms with E-state index in [1.807, 2.05) is 11.5 Å². The first-order valence-corrected chi connectivity index (χ1v) is 3.30. The molecule has 0 spiro atoms. The second-order valence-electron chi connectivity index (χ2n) is 1.77. The van der Waals surface area contributed by atoms with Crippen LogP contribution in [0.25, 0.3) is 0 Å². The van der Waals surface area contributed by atoms with Gasteiger partial charge in [-0.05, 0) is 11.3 Å². The van der Waals surface area contributed by atoms with E-state index < -0.39 is 0 Å². The summed E-state index contributed by atoms with van der Waals surface area (Å²) in [6, 6.07) is 0. The molecule has 0 aliphatic rings. The van der Waals surface area contributed by atoms with Crippen molar-refractivity contribution in [2.45, 2.75) is 13.8 Å². The molecule has 0 saturated heterocycles. The Labute approximate surface area is 54.0 Å². The van der Waals surface area contributed by atoms with Crippen LogP contribution < -0.4 is 0 Å². The van der Waals surface area contributed by atoms with E-state index in [1.54, 1.807) is 0 Å². The van der Waals surface area contributed by atoms with Crippen LogP contribution in [0.5, 0.6) is 0 Å². The molecule has 0 amide bonds. The molecule has 0 fully saturated rings. The third-order valence-electron chi connectivity index (χ3n) is 0.577. The minimum absolute atomic E-state index is 0.559. The van der Waals surface area contributed by atoms with Gasteiger partial charge in [0.1, 0.15) is 0 Å². The van der Waals surface area contributed by atoms with Gasteiger partial charge in [0.25, 0.3) is 0 Å². The van der Waals surface area contributed by atoms with Gasteiger partial charge >= 0.3 is 0 Å². The molecular formula is C5H10N2S. The highest BCUT2D eigenvalue weighted by Gasteiger charge is 1.80. The van der Waals surface area contributed by atoms with Crippen molar-refractivity contribution in [3.63, 3.8) is 0 Å². The van der Waals surface area contributed by atoms with Crippen molar-refractivity contribution in [1.82, 2.24) is 0 Å². The molecule has 0 aromatic rings. The SMILES string of the molecule is CC(C)C=CSN=N. The second kappa shape index (κ2) is 4.84. The summed E-state index contributed by atoms with van der Waals surface area (Å²) in [5.41, 5.74) is 6.38. The molecule has 8 heavy (non-hydrogen) atoms. The van der Waals surface area contributed by atoms with Crippen LogP contribution in [0.15, 0.2) is 16.0 Å². The molecule has 0 aromatic heterocycles. The van der Waals surface area contributed by atoms with Crippen LogP contribution in [0.1, 0.15) is 13.8 Å². The van der Waals surface area contributed by atoms with Crippen molar-refractivity contribution < 1.29 is 0 Å². The van der Waals surface area contributed by atoms with Gasteiger partial charge in [-0.15, -0.1) is 4.52 Å². The second-order valence-corrected chi connectivity index (χ2v) is 2.43. The number of nitrogens with one attached hydrogen (secondary N) is 1. The predicted molar refractivity (Wildman–Crippen MR) is 36.7 cm³/mol. The molecule has 0 aliphatic heterocycles. The Morgan fingerprint density at radius 2 is 2.25 bits per heavy atom. The molecule has 0 aromatic carbocycles. The van der Waals surface area contributed by atoms with E-state index in [-0.39, 0.29) is 0 Å². The minimum atomic E-state index is 0.559. The van der Waals surface area contributed by atoms with Crippen molar-refractivity contribution in [3.8, 4) is 0 Å². The molecule has 0 rings (SSSR count). The Bertz CT molecular complexity index is 88.4. The Morgan fingerprint density at radius 3 is 2.62 bits per heavy atom. The molecule has 3 heteroatoms. The number of allylic oxidation sites excluding steroid dienone is 1. The molecule has 2 nitrogen and oxygen atoms in total. The monoisotopic (exact) mass is 130 g/mol. The Morgan fingerprint density at radius 1 is 1.62 bits per heavy atom. The van der Waals surface area contributed by atoms with Crippen molar-refractivity contribution in [2.75, 3.05) is 0 Å². The minimum Gasteiger partial charge on any atom is -0.197 e. The van der Waals surface area contributed by atoms with E-state index in [0.29, 0.717) is 5.92 Å². The molecule has 46 valence electrons. The largest absolute Gasteiger partial charge is 0.197 e. The van der Waals surface area contributed by atoms with Crippen molar-refractivity contribution in [2.24, 2.45) is 10.4 Å². The van der Waals surface area contributed by atoms with E-state index in [9.17, 15) is 0 Å². The first-order chi connectivity index (χ1) is 3.77. The maximum absolute atomic E-state index is 6.38. The summed E-state index contributed by atoms with van der Waals surface area (Å²) < 4.78 is 3.09. The maximum Gasteiger partial charge on any atom is 0.0252 e. The highest BCUT2D eigenvalue weighted by atomic mass is 32.2. The van der Waals surface area contributed by atoms with Gasteiger partial charge in [-0.3, -0.25) is 0 Å². The Kier molecular flexibility index (Phi) is 4.65. The number of rotatable bonds is 3. The van der Waals surface area contributed by atoms with E-state index in [0.717, 1.165) is 11.9 Å².